The molecule has 1 aromatic carbocycles. The number of nitrogens with one attached hydrogen (secondary N) is 1. The number of hydrogen-bond donors (Lipinski definition) is 1. The van der Waals surface area contributed by atoms with E-state index in [2.05, 4.69) is 17.2 Å². The average molecular weight is 205 g/mol. The molecule has 0 heterocycles. The van der Waals surface area contributed by atoms with Crippen LogP contribution >= 0.6 is 0 Å². The van der Waals surface area contributed by atoms with Crippen LogP contribution in [-0.4, -0.2) is 12.5 Å². The van der Waals surface area contributed by atoms with E-state index in [1.165, 1.54) is 19.1 Å². The Kier molecular flexibility index (Phi) is 4.36. The molecular formula is C12H12FNO. The standard InChI is InChI=1S/C12H12FNO/c1-10(15)14-9-3-2-4-11-5-7-12(13)8-6-11/h5-8H,3,9H2,1H3,(H,14,15). The number of carbonyl (C=O) groups excluding carboxylic acids is 1. The number of rotatable bonds is 2. The molecule has 1 N–H and O–H groups in total. The highest BCUT2D eigenvalue weighted by Crippen LogP contribution is 2.00. The first-order chi connectivity index (χ1) is 7.18. The van der Waals surface area contributed by atoms with Gasteiger partial charge >= 0.3 is 0 Å². The van der Waals surface area contributed by atoms with Crippen molar-refractivity contribution in [1.29, 1.82) is 0 Å². The zero-order valence-electron chi connectivity index (χ0n) is 8.51. The molecule has 2 nitrogen and oxygen atoms in total. The summed E-state index contributed by atoms with van der Waals surface area (Å²) in [6.07, 6.45) is 0.594. The fraction of sp³-hybridized carbons (Fsp3) is 0.250. The van der Waals surface area contributed by atoms with Gasteiger partial charge in [0.05, 0.1) is 0 Å². The molecule has 0 radical (unpaired) electrons. The van der Waals surface area contributed by atoms with Gasteiger partial charge in [-0.05, 0) is 24.3 Å². The highest BCUT2D eigenvalue weighted by molar-refractivity contribution is 5.72. The van der Waals surface area contributed by atoms with Gasteiger partial charge in [-0.2, -0.15) is 0 Å². The van der Waals surface area contributed by atoms with Gasteiger partial charge in [0.2, 0.25) is 5.91 Å². The van der Waals surface area contributed by atoms with Gasteiger partial charge in [0.15, 0.2) is 0 Å². The molecule has 1 amide bonds. The fourth-order valence-corrected chi connectivity index (χ4v) is 0.999. The van der Waals surface area contributed by atoms with Crippen molar-refractivity contribution in [3.8, 4) is 11.8 Å². The summed E-state index contributed by atoms with van der Waals surface area (Å²) in [5.74, 6) is 5.45. The highest BCUT2D eigenvalue weighted by atomic mass is 19.1. The molecule has 1 rings (SSSR count). The van der Waals surface area contributed by atoms with Crippen LogP contribution in [0.4, 0.5) is 4.39 Å². The van der Waals surface area contributed by atoms with E-state index in [1.54, 1.807) is 12.1 Å². The predicted octanol–water partition coefficient (Wildman–Crippen LogP) is 1.70. The smallest absolute Gasteiger partial charge is 0.216 e. The minimum absolute atomic E-state index is 0.0569. The number of carbonyl (C=O) groups is 1. The Bertz CT molecular complexity index is 386. The van der Waals surface area contributed by atoms with Crippen molar-refractivity contribution in [2.45, 2.75) is 13.3 Å². The van der Waals surface area contributed by atoms with E-state index in [4.69, 9.17) is 0 Å². The molecule has 0 saturated heterocycles. The Labute approximate surface area is 88.5 Å². The number of benzene rings is 1. The van der Waals surface area contributed by atoms with Gasteiger partial charge in [-0.1, -0.05) is 11.8 Å². The van der Waals surface area contributed by atoms with Crippen LogP contribution in [0.15, 0.2) is 24.3 Å². The van der Waals surface area contributed by atoms with E-state index in [1.807, 2.05) is 0 Å². The molecule has 0 fully saturated rings. The maximum absolute atomic E-state index is 12.5. The summed E-state index contributed by atoms with van der Waals surface area (Å²) < 4.78 is 12.5. The highest BCUT2D eigenvalue weighted by Gasteiger charge is 1.89. The predicted molar refractivity (Wildman–Crippen MR) is 56.6 cm³/mol. The third kappa shape index (κ3) is 4.82. The molecule has 3 heteroatoms. The first kappa shape index (κ1) is 11.3. The molecule has 0 saturated carbocycles. The van der Waals surface area contributed by atoms with E-state index < -0.39 is 0 Å². The molecule has 0 aliphatic carbocycles. The average Bonchev–Trinajstić information content (AvgIpc) is 2.20. The van der Waals surface area contributed by atoms with Crippen molar-refractivity contribution in [2.24, 2.45) is 0 Å². The van der Waals surface area contributed by atoms with Gasteiger partial charge in [0.1, 0.15) is 5.82 Å². The zero-order valence-corrected chi connectivity index (χ0v) is 8.51. The van der Waals surface area contributed by atoms with Gasteiger partial charge in [-0.15, -0.1) is 0 Å². The Hall–Kier alpha value is -1.82. The molecule has 0 bridgehead atoms. The second kappa shape index (κ2) is 5.82. The zero-order chi connectivity index (χ0) is 11.1. The summed E-state index contributed by atoms with van der Waals surface area (Å²) >= 11 is 0. The van der Waals surface area contributed by atoms with Crippen LogP contribution in [-0.2, 0) is 4.79 Å². The lowest BCUT2D eigenvalue weighted by atomic mass is 10.2. The van der Waals surface area contributed by atoms with Gasteiger partial charge in [-0.3, -0.25) is 4.79 Å². The summed E-state index contributed by atoms with van der Waals surface area (Å²) in [7, 11) is 0. The first-order valence-electron chi connectivity index (χ1n) is 4.67. The Morgan fingerprint density at radius 3 is 2.67 bits per heavy atom. The summed E-state index contributed by atoms with van der Waals surface area (Å²) in [6, 6.07) is 6.00. The third-order valence-electron chi connectivity index (χ3n) is 1.70. The number of amides is 1. The maximum atomic E-state index is 12.5. The van der Waals surface area contributed by atoms with Crippen LogP contribution in [0, 0.1) is 17.7 Å². The van der Waals surface area contributed by atoms with Gasteiger partial charge < -0.3 is 5.32 Å². The van der Waals surface area contributed by atoms with Crippen LogP contribution in [0.3, 0.4) is 0 Å². The third-order valence-corrected chi connectivity index (χ3v) is 1.70. The summed E-state index contributed by atoms with van der Waals surface area (Å²) in [4.78, 5) is 10.5. The molecule has 78 valence electrons. The Morgan fingerprint density at radius 1 is 1.40 bits per heavy atom. The lowest BCUT2D eigenvalue weighted by Crippen LogP contribution is -2.20. The summed E-state index contributed by atoms with van der Waals surface area (Å²) in [6.45, 7) is 2.01. The molecule has 0 atom stereocenters. The Balaban J connectivity index is 2.38. The van der Waals surface area contributed by atoms with Crippen LogP contribution in [0.1, 0.15) is 18.9 Å². The molecule has 0 spiro atoms. The molecule has 0 aliphatic rings. The minimum atomic E-state index is -0.265. The maximum Gasteiger partial charge on any atom is 0.216 e. The molecule has 0 aromatic heterocycles. The molecule has 1 aromatic rings. The van der Waals surface area contributed by atoms with Crippen molar-refractivity contribution < 1.29 is 9.18 Å². The molecule has 0 aliphatic heterocycles. The second-order valence-electron chi connectivity index (χ2n) is 3.04. The summed E-state index contributed by atoms with van der Waals surface area (Å²) in [5, 5.41) is 2.64. The van der Waals surface area contributed by atoms with Crippen molar-refractivity contribution >= 4 is 5.91 Å². The van der Waals surface area contributed by atoms with Crippen LogP contribution in [0.5, 0.6) is 0 Å². The second-order valence-corrected chi connectivity index (χ2v) is 3.04. The summed E-state index contributed by atoms with van der Waals surface area (Å²) in [5.41, 5.74) is 0.777. The lowest BCUT2D eigenvalue weighted by molar-refractivity contribution is -0.118. The monoisotopic (exact) mass is 205 g/mol. The Morgan fingerprint density at radius 2 is 2.07 bits per heavy atom. The lowest BCUT2D eigenvalue weighted by Gasteiger charge is -1.94. The SMILES string of the molecule is CC(=O)NCCC#Cc1ccc(F)cc1. The van der Waals surface area contributed by atoms with Gasteiger partial charge in [0.25, 0.3) is 0 Å². The van der Waals surface area contributed by atoms with Crippen LogP contribution < -0.4 is 5.32 Å². The molecular weight excluding hydrogens is 193 g/mol. The first-order valence-corrected chi connectivity index (χ1v) is 4.67. The van der Waals surface area contributed by atoms with Gasteiger partial charge in [-0.25, -0.2) is 4.39 Å². The van der Waals surface area contributed by atoms with E-state index in [0.717, 1.165) is 5.56 Å². The van der Waals surface area contributed by atoms with Gasteiger partial charge in [0, 0.05) is 25.5 Å². The number of hydrogen-bond acceptors (Lipinski definition) is 1. The quantitative estimate of drug-likeness (QED) is 0.578. The molecule has 0 unspecified atom stereocenters. The van der Waals surface area contributed by atoms with Crippen LogP contribution in [0.25, 0.3) is 0 Å². The van der Waals surface area contributed by atoms with Crippen LogP contribution in [0.2, 0.25) is 0 Å². The van der Waals surface area contributed by atoms with Crippen molar-refractivity contribution in [2.75, 3.05) is 6.54 Å². The molecule has 15 heavy (non-hydrogen) atoms. The topological polar surface area (TPSA) is 29.1 Å². The van der Waals surface area contributed by atoms with E-state index in [9.17, 15) is 9.18 Å². The minimum Gasteiger partial charge on any atom is -0.355 e. The largest absolute Gasteiger partial charge is 0.355 e. The van der Waals surface area contributed by atoms with E-state index in [-0.39, 0.29) is 11.7 Å². The van der Waals surface area contributed by atoms with Crippen molar-refractivity contribution in [1.82, 2.24) is 5.32 Å². The van der Waals surface area contributed by atoms with Crippen molar-refractivity contribution in [3.63, 3.8) is 0 Å². The van der Waals surface area contributed by atoms with E-state index in [0.29, 0.717) is 13.0 Å². The number of halogens is 1. The van der Waals surface area contributed by atoms with E-state index >= 15 is 0 Å². The normalized spacial score (nSPS) is 8.93. The fourth-order valence-electron chi connectivity index (χ4n) is 0.999. The van der Waals surface area contributed by atoms with Crippen molar-refractivity contribution in [3.05, 3.63) is 35.6 Å².